The van der Waals surface area contributed by atoms with Crippen LogP contribution in [-0.4, -0.2) is 32.5 Å². The van der Waals surface area contributed by atoms with Crippen LogP contribution >= 0.6 is 23.2 Å². The van der Waals surface area contributed by atoms with Crippen LogP contribution < -0.4 is 0 Å². The zero-order valence-corrected chi connectivity index (χ0v) is 12.1. The number of nitrogens with zero attached hydrogens (tertiary/aromatic N) is 4. The molecule has 0 bridgehead atoms. The van der Waals surface area contributed by atoms with E-state index in [0.29, 0.717) is 11.3 Å². The molecular weight excluding hydrogens is 303 g/mol. The Morgan fingerprint density at radius 1 is 1.25 bits per heavy atom. The van der Waals surface area contributed by atoms with Gasteiger partial charge in [-0.2, -0.15) is 4.98 Å². The number of hydrogen-bond donors (Lipinski definition) is 0. The van der Waals surface area contributed by atoms with Crippen molar-refractivity contribution in [3.8, 4) is 0 Å². The number of esters is 1. The zero-order valence-electron chi connectivity index (χ0n) is 10.6. The summed E-state index contributed by atoms with van der Waals surface area (Å²) in [5, 5.41) is 0.0721. The lowest BCUT2D eigenvalue weighted by atomic mass is 10.2. The SMILES string of the molecule is CCOC(=O)c1nc2c(Cl)nc(Cl)nc2nc1C1CC1. The number of carbonyl (C=O) groups is 1. The highest BCUT2D eigenvalue weighted by Gasteiger charge is 2.32. The van der Waals surface area contributed by atoms with Gasteiger partial charge in [0.25, 0.3) is 0 Å². The molecule has 0 aliphatic heterocycles. The van der Waals surface area contributed by atoms with Gasteiger partial charge >= 0.3 is 5.97 Å². The Labute approximate surface area is 124 Å². The molecule has 2 aromatic rings. The van der Waals surface area contributed by atoms with E-state index in [1.54, 1.807) is 6.92 Å². The van der Waals surface area contributed by atoms with Gasteiger partial charge in [-0.15, -0.1) is 0 Å². The molecule has 0 unspecified atom stereocenters. The number of rotatable bonds is 3. The van der Waals surface area contributed by atoms with Crippen molar-refractivity contribution >= 4 is 40.3 Å². The maximum atomic E-state index is 12.0. The second-order valence-electron chi connectivity index (χ2n) is 4.41. The van der Waals surface area contributed by atoms with E-state index < -0.39 is 5.97 Å². The highest BCUT2D eigenvalue weighted by Crippen LogP contribution is 2.41. The summed E-state index contributed by atoms with van der Waals surface area (Å²) in [5.74, 6) is -0.284. The van der Waals surface area contributed by atoms with Gasteiger partial charge in [0.1, 0.15) is 5.52 Å². The fourth-order valence-electron chi connectivity index (χ4n) is 1.89. The van der Waals surface area contributed by atoms with Gasteiger partial charge < -0.3 is 4.74 Å². The molecule has 1 aliphatic rings. The van der Waals surface area contributed by atoms with Crippen LogP contribution in [0.1, 0.15) is 41.9 Å². The summed E-state index contributed by atoms with van der Waals surface area (Å²) < 4.78 is 5.01. The number of carbonyl (C=O) groups excluding carboxylic acids is 1. The molecule has 1 aliphatic carbocycles. The lowest BCUT2D eigenvalue weighted by Gasteiger charge is -2.08. The van der Waals surface area contributed by atoms with Crippen LogP contribution in [-0.2, 0) is 4.74 Å². The van der Waals surface area contributed by atoms with Gasteiger partial charge in [-0.3, -0.25) is 0 Å². The molecule has 0 saturated heterocycles. The predicted molar refractivity (Wildman–Crippen MR) is 73.1 cm³/mol. The van der Waals surface area contributed by atoms with Crippen LogP contribution in [0, 0.1) is 0 Å². The summed E-state index contributed by atoms with van der Waals surface area (Å²) in [6.07, 6.45) is 1.94. The summed E-state index contributed by atoms with van der Waals surface area (Å²) in [4.78, 5) is 28.4. The van der Waals surface area contributed by atoms with Gasteiger partial charge in [-0.1, -0.05) is 11.6 Å². The van der Waals surface area contributed by atoms with Gasteiger partial charge in [0.05, 0.1) is 12.3 Å². The smallest absolute Gasteiger partial charge is 0.358 e. The van der Waals surface area contributed by atoms with Crippen LogP contribution in [0.2, 0.25) is 10.4 Å². The first-order valence-corrected chi connectivity index (χ1v) is 6.93. The lowest BCUT2D eigenvalue weighted by Crippen LogP contribution is -2.13. The van der Waals surface area contributed by atoms with Crippen LogP contribution in [0.25, 0.3) is 11.2 Å². The highest BCUT2D eigenvalue weighted by molar-refractivity contribution is 6.35. The lowest BCUT2D eigenvalue weighted by molar-refractivity contribution is 0.0518. The molecule has 2 heterocycles. The largest absolute Gasteiger partial charge is 0.461 e. The Morgan fingerprint density at radius 2 is 2.00 bits per heavy atom. The van der Waals surface area contributed by atoms with E-state index in [1.807, 2.05) is 0 Å². The summed E-state index contributed by atoms with van der Waals surface area (Å²) in [5.41, 5.74) is 1.34. The van der Waals surface area contributed by atoms with E-state index in [1.165, 1.54) is 0 Å². The van der Waals surface area contributed by atoms with Crippen LogP contribution in [0.4, 0.5) is 0 Å². The summed E-state index contributed by atoms with van der Waals surface area (Å²) >= 11 is 11.7. The number of fused-ring (bicyclic) bond motifs is 1. The summed E-state index contributed by atoms with van der Waals surface area (Å²) in [6, 6.07) is 0. The predicted octanol–water partition coefficient (Wildman–Crippen LogP) is 2.78. The minimum atomic E-state index is -0.505. The van der Waals surface area contributed by atoms with E-state index in [4.69, 9.17) is 27.9 Å². The second kappa shape index (κ2) is 5.10. The van der Waals surface area contributed by atoms with Crippen molar-refractivity contribution in [3.63, 3.8) is 0 Å². The average Bonchev–Trinajstić information content (AvgIpc) is 3.21. The molecule has 8 heteroatoms. The molecule has 0 spiro atoms. The summed E-state index contributed by atoms with van der Waals surface area (Å²) in [7, 11) is 0. The second-order valence-corrected chi connectivity index (χ2v) is 5.10. The van der Waals surface area contributed by atoms with Crippen LogP contribution in [0.3, 0.4) is 0 Å². The Kier molecular flexibility index (Phi) is 3.43. The topological polar surface area (TPSA) is 77.9 Å². The Balaban J connectivity index is 2.21. The quantitative estimate of drug-likeness (QED) is 0.492. The number of ether oxygens (including phenoxy) is 1. The van der Waals surface area contributed by atoms with Crippen molar-refractivity contribution in [1.29, 1.82) is 0 Å². The summed E-state index contributed by atoms with van der Waals surface area (Å²) in [6.45, 7) is 2.01. The van der Waals surface area contributed by atoms with Gasteiger partial charge in [0.2, 0.25) is 5.28 Å². The molecule has 0 atom stereocenters. The maximum Gasteiger partial charge on any atom is 0.358 e. The van der Waals surface area contributed by atoms with Gasteiger partial charge in [-0.25, -0.2) is 19.7 Å². The number of halogens is 2. The molecule has 3 rings (SSSR count). The Bertz CT molecular complexity index is 703. The highest BCUT2D eigenvalue weighted by atomic mass is 35.5. The molecule has 6 nitrogen and oxygen atoms in total. The average molecular weight is 313 g/mol. The zero-order chi connectivity index (χ0) is 14.3. The fraction of sp³-hybridized carbons (Fsp3) is 0.417. The third-order valence-electron chi connectivity index (χ3n) is 2.92. The number of aromatic nitrogens is 4. The molecule has 1 saturated carbocycles. The van der Waals surface area contributed by atoms with Crippen molar-refractivity contribution in [2.75, 3.05) is 6.61 Å². The molecule has 2 aromatic heterocycles. The first kappa shape index (κ1) is 13.5. The van der Waals surface area contributed by atoms with Crippen molar-refractivity contribution < 1.29 is 9.53 Å². The van der Waals surface area contributed by atoms with Crippen molar-refractivity contribution in [3.05, 3.63) is 21.8 Å². The van der Waals surface area contributed by atoms with E-state index in [-0.39, 0.29) is 34.2 Å². The van der Waals surface area contributed by atoms with Crippen molar-refractivity contribution in [2.24, 2.45) is 0 Å². The third-order valence-corrected chi connectivity index (χ3v) is 3.35. The van der Waals surface area contributed by atoms with Crippen molar-refractivity contribution in [2.45, 2.75) is 25.7 Å². The maximum absolute atomic E-state index is 12.0. The molecule has 0 aromatic carbocycles. The van der Waals surface area contributed by atoms with Gasteiger partial charge in [-0.05, 0) is 31.4 Å². The molecule has 20 heavy (non-hydrogen) atoms. The monoisotopic (exact) mass is 312 g/mol. The van der Waals surface area contributed by atoms with E-state index in [0.717, 1.165) is 12.8 Å². The molecule has 0 N–H and O–H groups in total. The minimum Gasteiger partial charge on any atom is -0.461 e. The normalized spacial score (nSPS) is 14.6. The molecule has 0 amide bonds. The van der Waals surface area contributed by atoms with Crippen molar-refractivity contribution in [1.82, 2.24) is 19.9 Å². The Hall–Kier alpha value is -1.53. The fourth-order valence-corrected chi connectivity index (χ4v) is 2.31. The van der Waals surface area contributed by atoms with Gasteiger partial charge in [0, 0.05) is 5.92 Å². The standard InChI is InChI=1S/C12H10Cl2N4O2/c1-2-20-11(19)7-6(5-3-4-5)16-10-8(15-7)9(13)17-12(14)18-10/h5H,2-4H2,1H3. The Morgan fingerprint density at radius 3 is 2.65 bits per heavy atom. The first-order valence-electron chi connectivity index (χ1n) is 6.18. The minimum absolute atomic E-state index is 0.00225. The molecular formula is C12H10Cl2N4O2. The van der Waals surface area contributed by atoms with E-state index in [2.05, 4.69) is 19.9 Å². The van der Waals surface area contributed by atoms with E-state index >= 15 is 0 Å². The van der Waals surface area contributed by atoms with Gasteiger partial charge in [0.15, 0.2) is 16.5 Å². The first-order chi connectivity index (χ1) is 9.60. The molecule has 0 radical (unpaired) electrons. The number of hydrogen-bond acceptors (Lipinski definition) is 6. The van der Waals surface area contributed by atoms with E-state index in [9.17, 15) is 4.79 Å². The van der Waals surface area contributed by atoms with Crippen LogP contribution in [0.5, 0.6) is 0 Å². The molecule has 104 valence electrons. The van der Waals surface area contributed by atoms with Crippen LogP contribution in [0.15, 0.2) is 0 Å². The third kappa shape index (κ3) is 2.41. The molecule has 1 fully saturated rings.